The minimum atomic E-state index is -1.21. The number of aliphatic hydroxyl groups is 1. The van der Waals surface area contributed by atoms with E-state index in [1.54, 1.807) is 0 Å². The van der Waals surface area contributed by atoms with Crippen LogP contribution >= 0.6 is 0 Å². The summed E-state index contributed by atoms with van der Waals surface area (Å²) < 4.78 is 0. The lowest BCUT2D eigenvalue weighted by atomic mass is 9.81. The molecule has 0 aliphatic heterocycles. The van der Waals surface area contributed by atoms with Crippen LogP contribution in [0.15, 0.2) is 0 Å². The second-order valence-corrected chi connectivity index (χ2v) is 3.35. The zero-order chi connectivity index (χ0) is 9.35. The summed E-state index contributed by atoms with van der Waals surface area (Å²) in [6.07, 6.45) is -0.447. The number of carbonyl (C=O) groups excluding carboxylic acids is 1. The molecule has 68 valence electrons. The quantitative estimate of drug-likeness (QED) is 0.623. The molecule has 0 aromatic rings. The molecule has 1 aliphatic carbocycles. The number of hydrogen-bond donors (Lipinski definition) is 2. The first kappa shape index (κ1) is 9.19. The highest BCUT2D eigenvalue weighted by molar-refractivity contribution is 5.90. The predicted molar refractivity (Wildman–Crippen MR) is 40.6 cm³/mol. The SMILES string of the molecule is CC(O)C1(C(=O)O)CCC(=O)C1. The fraction of sp³-hybridized carbons (Fsp3) is 0.750. The molecule has 2 unspecified atom stereocenters. The van der Waals surface area contributed by atoms with Crippen LogP contribution in [0.2, 0.25) is 0 Å². The predicted octanol–water partition coefficient (Wildman–Crippen LogP) is 0.191. The maximum absolute atomic E-state index is 10.9. The van der Waals surface area contributed by atoms with Crippen molar-refractivity contribution in [3.05, 3.63) is 0 Å². The van der Waals surface area contributed by atoms with E-state index in [9.17, 15) is 14.7 Å². The molecule has 1 fully saturated rings. The number of rotatable bonds is 2. The molecule has 0 spiro atoms. The summed E-state index contributed by atoms with van der Waals surface area (Å²) in [6.45, 7) is 1.42. The van der Waals surface area contributed by atoms with Gasteiger partial charge in [-0.25, -0.2) is 0 Å². The van der Waals surface area contributed by atoms with Crippen molar-refractivity contribution in [1.29, 1.82) is 0 Å². The van der Waals surface area contributed by atoms with E-state index in [2.05, 4.69) is 0 Å². The van der Waals surface area contributed by atoms with Gasteiger partial charge in [0, 0.05) is 12.8 Å². The Hall–Kier alpha value is -0.900. The standard InChI is InChI=1S/C8H12O4/c1-5(9)8(7(11)12)3-2-6(10)4-8/h5,9H,2-4H2,1H3,(H,11,12). The van der Waals surface area contributed by atoms with Crippen LogP contribution in [0.25, 0.3) is 0 Å². The first-order valence-corrected chi connectivity index (χ1v) is 3.92. The fourth-order valence-electron chi connectivity index (χ4n) is 1.61. The third-order valence-corrected chi connectivity index (χ3v) is 2.59. The van der Waals surface area contributed by atoms with Crippen molar-refractivity contribution in [3.63, 3.8) is 0 Å². The Morgan fingerprint density at radius 2 is 2.25 bits per heavy atom. The number of carboxylic acid groups (broad SMARTS) is 1. The molecule has 0 radical (unpaired) electrons. The Balaban J connectivity index is 2.89. The average molecular weight is 172 g/mol. The molecular weight excluding hydrogens is 160 g/mol. The van der Waals surface area contributed by atoms with Gasteiger partial charge in [-0.05, 0) is 13.3 Å². The molecule has 12 heavy (non-hydrogen) atoms. The van der Waals surface area contributed by atoms with Crippen LogP contribution < -0.4 is 0 Å². The number of carboxylic acids is 1. The van der Waals surface area contributed by atoms with Gasteiger partial charge in [-0.1, -0.05) is 0 Å². The van der Waals surface area contributed by atoms with Gasteiger partial charge in [0.05, 0.1) is 6.10 Å². The largest absolute Gasteiger partial charge is 0.481 e. The van der Waals surface area contributed by atoms with Crippen LogP contribution in [-0.2, 0) is 9.59 Å². The summed E-state index contributed by atoms with van der Waals surface area (Å²) in [5, 5.41) is 18.1. The maximum Gasteiger partial charge on any atom is 0.312 e. The Labute approximate surface area is 70.2 Å². The highest BCUT2D eigenvalue weighted by Crippen LogP contribution is 2.39. The molecule has 0 heterocycles. The van der Waals surface area contributed by atoms with Crippen LogP contribution in [-0.4, -0.2) is 28.1 Å². The van der Waals surface area contributed by atoms with E-state index in [0.717, 1.165) is 0 Å². The number of ketones is 1. The van der Waals surface area contributed by atoms with E-state index in [0.29, 0.717) is 0 Å². The van der Waals surface area contributed by atoms with E-state index < -0.39 is 17.5 Å². The van der Waals surface area contributed by atoms with Gasteiger partial charge in [0.25, 0.3) is 0 Å². The molecule has 4 nitrogen and oxygen atoms in total. The zero-order valence-corrected chi connectivity index (χ0v) is 6.91. The number of carbonyl (C=O) groups is 2. The molecular formula is C8H12O4. The lowest BCUT2D eigenvalue weighted by Gasteiger charge is -2.25. The lowest BCUT2D eigenvalue weighted by Crippen LogP contribution is -2.38. The van der Waals surface area contributed by atoms with Crippen molar-refractivity contribution in [1.82, 2.24) is 0 Å². The van der Waals surface area contributed by atoms with Crippen molar-refractivity contribution in [3.8, 4) is 0 Å². The number of Topliss-reactive ketones (excluding diaryl/α,β-unsaturated/α-hetero) is 1. The monoisotopic (exact) mass is 172 g/mol. The Morgan fingerprint density at radius 1 is 1.67 bits per heavy atom. The number of aliphatic hydroxyl groups excluding tert-OH is 1. The summed E-state index contributed by atoms with van der Waals surface area (Å²) in [4.78, 5) is 21.7. The zero-order valence-electron chi connectivity index (χ0n) is 6.91. The number of hydrogen-bond acceptors (Lipinski definition) is 3. The molecule has 0 aromatic heterocycles. The summed E-state index contributed by atoms with van der Waals surface area (Å²) in [5.74, 6) is -1.14. The second kappa shape index (κ2) is 2.86. The summed E-state index contributed by atoms with van der Waals surface area (Å²) in [6, 6.07) is 0. The first-order chi connectivity index (χ1) is 5.49. The van der Waals surface area contributed by atoms with E-state index in [-0.39, 0.29) is 25.0 Å². The van der Waals surface area contributed by atoms with Gasteiger partial charge >= 0.3 is 5.97 Å². The molecule has 0 amide bonds. The molecule has 2 N–H and O–H groups in total. The first-order valence-electron chi connectivity index (χ1n) is 3.92. The summed E-state index contributed by atoms with van der Waals surface area (Å²) in [5.41, 5.74) is -1.21. The second-order valence-electron chi connectivity index (χ2n) is 3.35. The smallest absolute Gasteiger partial charge is 0.312 e. The van der Waals surface area contributed by atoms with Crippen LogP contribution in [0.1, 0.15) is 26.2 Å². The van der Waals surface area contributed by atoms with Crippen molar-refractivity contribution >= 4 is 11.8 Å². The highest BCUT2D eigenvalue weighted by Gasteiger charge is 2.48. The van der Waals surface area contributed by atoms with Crippen molar-refractivity contribution in [2.45, 2.75) is 32.3 Å². The van der Waals surface area contributed by atoms with Gasteiger partial charge in [-0.3, -0.25) is 9.59 Å². The van der Waals surface area contributed by atoms with E-state index in [1.807, 2.05) is 0 Å². The van der Waals surface area contributed by atoms with Crippen LogP contribution in [0, 0.1) is 5.41 Å². The molecule has 1 rings (SSSR count). The topological polar surface area (TPSA) is 74.6 Å². The number of aliphatic carboxylic acids is 1. The van der Waals surface area contributed by atoms with Crippen molar-refractivity contribution in [2.24, 2.45) is 5.41 Å². The van der Waals surface area contributed by atoms with Gasteiger partial charge in [0.15, 0.2) is 0 Å². The Kier molecular flexibility index (Phi) is 2.19. The minimum Gasteiger partial charge on any atom is -0.481 e. The van der Waals surface area contributed by atoms with Gasteiger partial charge in [-0.2, -0.15) is 0 Å². The molecule has 2 atom stereocenters. The van der Waals surface area contributed by atoms with Crippen LogP contribution in [0.5, 0.6) is 0 Å². The van der Waals surface area contributed by atoms with E-state index in [4.69, 9.17) is 5.11 Å². The Morgan fingerprint density at radius 3 is 2.42 bits per heavy atom. The summed E-state index contributed by atoms with van der Waals surface area (Å²) in [7, 11) is 0. The molecule has 1 aliphatic rings. The van der Waals surface area contributed by atoms with Gasteiger partial charge in [0.2, 0.25) is 0 Å². The highest BCUT2D eigenvalue weighted by atomic mass is 16.4. The van der Waals surface area contributed by atoms with E-state index >= 15 is 0 Å². The van der Waals surface area contributed by atoms with Crippen molar-refractivity contribution in [2.75, 3.05) is 0 Å². The molecule has 0 saturated heterocycles. The van der Waals surface area contributed by atoms with E-state index in [1.165, 1.54) is 6.92 Å². The van der Waals surface area contributed by atoms with Crippen LogP contribution in [0.3, 0.4) is 0 Å². The van der Waals surface area contributed by atoms with Gasteiger partial charge in [0.1, 0.15) is 11.2 Å². The summed E-state index contributed by atoms with van der Waals surface area (Å²) >= 11 is 0. The minimum absolute atomic E-state index is 0.0278. The molecule has 4 heteroatoms. The average Bonchev–Trinajstić information content (AvgIpc) is 2.32. The fourth-order valence-corrected chi connectivity index (χ4v) is 1.61. The molecule has 1 saturated carbocycles. The van der Waals surface area contributed by atoms with Gasteiger partial charge in [-0.15, -0.1) is 0 Å². The third kappa shape index (κ3) is 1.22. The third-order valence-electron chi connectivity index (χ3n) is 2.59. The molecule has 0 bridgehead atoms. The Bertz CT molecular complexity index is 221. The van der Waals surface area contributed by atoms with Crippen LogP contribution in [0.4, 0.5) is 0 Å². The van der Waals surface area contributed by atoms with Gasteiger partial charge < -0.3 is 10.2 Å². The molecule has 0 aromatic carbocycles. The maximum atomic E-state index is 10.9. The normalized spacial score (nSPS) is 32.0. The van der Waals surface area contributed by atoms with Crippen molar-refractivity contribution < 1.29 is 19.8 Å². The lowest BCUT2D eigenvalue weighted by molar-refractivity contribution is -0.156.